The number of likely N-dealkylation sites (N-methyl/N-ethyl adjacent to an activating group) is 1. The van der Waals surface area contributed by atoms with Crippen molar-refractivity contribution in [2.24, 2.45) is 0 Å². The van der Waals surface area contributed by atoms with Crippen molar-refractivity contribution in [3.05, 3.63) is 40.6 Å². The summed E-state index contributed by atoms with van der Waals surface area (Å²) in [5.74, 6) is -0.0905. The second-order valence-electron chi connectivity index (χ2n) is 6.82. The molecule has 3 heterocycles. The van der Waals surface area contributed by atoms with E-state index in [1.165, 1.54) is 11.0 Å². The molecule has 0 saturated carbocycles. The molecule has 0 aliphatic carbocycles. The molecule has 0 N–H and O–H groups in total. The number of amides is 1. The first-order valence-electron chi connectivity index (χ1n) is 9.14. The van der Waals surface area contributed by atoms with Crippen LogP contribution in [0.3, 0.4) is 0 Å². The molecule has 158 valence electrons. The molecule has 2 fully saturated rings. The third-order valence-electron chi connectivity index (χ3n) is 4.72. The molecular formula is C19H19N3O5S3. The summed E-state index contributed by atoms with van der Waals surface area (Å²) >= 11 is 6.26. The second kappa shape index (κ2) is 8.14. The molecule has 0 radical (unpaired) electrons. The number of thiocarbonyl (C=S) groups is 1. The number of ether oxygens (including phenoxy) is 1. The molecule has 0 bridgehead atoms. The lowest BCUT2D eigenvalue weighted by molar-refractivity contribution is -0.121. The van der Waals surface area contributed by atoms with E-state index >= 15 is 0 Å². The van der Waals surface area contributed by atoms with Crippen LogP contribution in [0.15, 0.2) is 43.5 Å². The molecular weight excluding hydrogens is 446 g/mol. The van der Waals surface area contributed by atoms with Gasteiger partial charge in [0.25, 0.3) is 5.91 Å². The van der Waals surface area contributed by atoms with Crippen molar-refractivity contribution in [1.82, 2.24) is 9.88 Å². The van der Waals surface area contributed by atoms with Gasteiger partial charge >= 0.3 is 0 Å². The minimum absolute atomic E-state index is 0.0381. The number of aromatic nitrogens is 1. The Hall–Kier alpha value is -2.21. The van der Waals surface area contributed by atoms with Crippen molar-refractivity contribution < 1.29 is 22.4 Å². The van der Waals surface area contributed by atoms with E-state index in [1.54, 1.807) is 36.2 Å². The van der Waals surface area contributed by atoms with Crippen LogP contribution in [0.4, 0.5) is 5.88 Å². The summed E-state index contributed by atoms with van der Waals surface area (Å²) in [6.07, 6.45) is 1.43. The van der Waals surface area contributed by atoms with E-state index in [1.807, 2.05) is 6.92 Å². The monoisotopic (exact) mass is 465 g/mol. The van der Waals surface area contributed by atoms with Gasteiger partial charge in [-0.05, 0) is 19.1 Å². The average Bonchev–Trinajstić information content (AvgIpc) is 3.27. The molecule has 4 rings (SSSR count). The molecule has 0 spiro atoms. The summed E-state index contributed by atoms with van der Waals surface area (Å²) in [6.45, 7) is 3.74. The first-order valence-corrected chi connectivity index (χ1v) is 11.8. The number of carbonyl (C=O) groups is 1. The van der Waals surface area contributed by atoms with Gasteiger partial charge in [0.15, 0.2) is 0 Å². The standard InChI is InChI=1S/C19H19N3O5S3/c1-12-3-5-13(6-4-12)30(24,25)16-18(22-7-9-26-10-8-22)27-15(20-16)11-14-17(23)21(2)19(28)29-14/h3-6,11H,7-10H2,1-2H3/b14-11+. The van der Waals surface area contributed by atoms with Gasteiger partial charge in [-0.3, -0.25) is 9.69 Å². The molecule has 2 saturated heterocycles. The summed E-state index contributed by atoms with van der Waals surface area (Å²) in [5, 5.41) is -0.175. The van der Waals surface area contributed by atoms with Gasteiger partial charge in [-0.15, -0.1) is 0 Å². The predicted octanol–water partition coefficient (Wildman–Crippen LogP) is 2.48. The Kier molecular flexibility index (Phi) is 5.71. The van der Waals surface area contributed by atoms with E-state index in [-0.39, 0.29) is 27.6 Å². The van der Waals surface area contributed by atoms with Gasteiger partial charge in [-0.2, -0.15) is 4.98 Å². The number of benzene rings is 1. The summed E-state index contributed by atoms with van der Waals surface area (Å²) in [4.78, 5) is 20.2. The number of anilines is 1. The Labute approximate surface area is 183 Å². The van der Waals surface area contributed by atoms with Crippen LogP contribution >= 0.6 is 24.0 Å². The summed E-state index contributed by atoms with van der Waals surface area (Å²) in [7, 11) is -2.34. The molecule has 1 aromatic carbocycles. The summed E-state index contributed by atoms with van der Waals surface area (Å²) < 4.78 is 38.3. The molecule has 8 nitrogen and oxygen atoms in total. The lowest BCUT2D eigenvalue weighted by atomic mass is 10.2. The van der Waals surface area contributed by atoms with Crippen LogP contribution in [0.5, 0.6) is 0 Å². The molecule has 2 aromatic rings. The van der Waals surface area contributed by atoms with E-state index in [0.29, 0.717) is 35.5 Å². The molecule has 30 heavy (non-hydrogen) atoms. The van der Waals surface area contributed by atoms with Crippen LogP contribution in [0.25, 0.3) is 6.08 Å². The number of carbonyl (C=O) groups excluding carboxylic acids is 1. The fourth-order valence-corrected chi connectivity index (χ4v) is 5.48. The van der Waals surface area contributed by atoms with E-state index in [9.17, 15) is 13.2 Å². The number of hydrogen-bond acceptors (Lipinski definition) is 9. The van der Waals surface area contributed by atoms with Gasteiger partial charge in [0.1, 0.15) is 4.32 Å². The number of hydrogen-bond donors (Lipinski definition) is 0. The Morgan fingerprint density at radius 2 is 1.87 bits per heavy atom. The predicted molar refractivity (Wildman–Crippen MR) is 117 cm³/mol. The van der Waals surface area contributed by atoms with Crippen LogP contribution in [0, 0.1) is 6.92 Å². The van der Waals surface area contributed by atoms with Crippen molar-refractivity contribution in [2.75, 3.05) is 38.3 Å². The number of thioether (sulfide) groups is 1. The van der Waals surface area contributed by atoms with Crippen molar-refractivity contribution in [3.63, 3.8) is 0 Å². The maximum absolute atomic E-state index is 13.3. The van der Waals surface area contributed by atoms with Crippen LogP contribution in [-0.4, -0.2) is 61.9 Å². The molecule has 2 aliphatic rings. The quantitative estimate of drug-likeness (QED) is 0.499. The van der Waals surface area contributed by atoms with Crippen LogP contribution in [0.2, 0.25) is 0 Å². The minimum atomic E-state index is -3.93. The molecule has 1 amide bonds. The Morgan fingerprint density at radius 3 is 2.47 bits per heavy atom. The highest BCUT2D eigenvalue weighted by Gasteiger charge is 2.33. The molecule has 2 aliphatic heterocycles. The van der Waals surface area contributed by atoms with Gasteiger partial charge < -0.3 is 14.1 Å². The highest BCUT2D eigenvalue weighted by Crippen LogP contribution is 2.35. The van der Waals surface area contributed by atoms with Crippen molar-refractivity contribution in [3.8, 4) is 0 Å². The van der Waals surface area contributed by atoms with E-state index in [0.717, 1.165) is 17.3 Å². The Morgan fingerprint density at radius 1 is 1.20 bits per heavy atom. The number of sulfone groups is 1. The largest absolute Gasteiger partial charge is 0.420 e. The van der Waals surface area contributed by atoms with E-state index < -0.39 is 9.84 Å². The van der Waals surface area contributed by atoms with Gasteiger partial charge in [0.05, 0.1) is 23.0 Å². The zero-order valence-electron chi connectivity index (χ0n) is 16.3. The van der Waals surface area contributed by atoms with Gasteiger partial charge in [0, 0.05) is 26.2 Å². The number of morpholine rings is 1. The van der Waals surface area contributed by atoms with Gasteiger partial charge in [-0.25, -0.2) is 8.42 Å². The van der Waals surface area contributed by atoms with Crippen LogP contribution in [-0.2, 0) is 19.4 Å². The number of aryl methyl sites for hydroxylation is 1. The van der Waals surface area contributed by atoms with Crippen LogP contribution < -0.4 is 4.90 Å². The average molecular weight is 466 g/mol. The third-order valence-corrected chi connectivity index (χ3v) is 7.87. The molecule has 0 atom stereocenters. The lowest BCUT2D eigenvalue weighted by Crippen LogP contribution is -2.36. The number of nitrogens with zero attached hydrogens (tertiary/aromatic N) is 3. The molecule has 0 unspecified atom stereocenters. The topological polar surface area (TPSA) is 93.0 Å². The van der Waals surface area contributed by atoms with Crippen molar-refractivity contribution >= 4 is 56.0 Å². The maximum Gasteiger partial charge on any atom is 0.266 e. The number of rotatable bonds is 4. The fourth-order valence-electron chi connectivity index (χ4n) is 3.00. The first kappa shape index (κ1) is 21.0. The van der Waals surface area contributed by atoms with Gasteiger partial charge in [-0.1, -0.05) is 41.7 Å². The SMILES string of the molecule is Cc1ccc(S(=O)(=O)c2nc(/C=C3/SC(=S)N(C)C3=O)oc2N2CCOCC2)cc1. The summed E-state index contributed by atoms with van der Waals surface area (Å²) in [5.41, 5.74) is 0.949. The van der Waals surface area contributed by atoms with Gasteiger partial charge in [0.2, 0.25) is 26.6 Å². The fraction of sp³-hybridized carbons (Fsp3) is 0.316. The lowest BCUT2D eigenvalue weighted by Gasteiger charge is -2.26. The first-order chi connectivity index (χ1) is 14.3. The maximum atomic E-state index is 13.3. The number of oxazole rings is 1. The van der Waals surface area contributed by atoms with E-state index in [4.69, 9.17) is 21.4 Å². The van der Waals surface area contributed by atoms with Crippen molar-refractivity contribution in [2.45, 2.75) is 16.8 Å². The summed E-state index contributed by atoms with van der Waals surface area (Å²) in [6, 6.07) is 6.55. The molecule has 11 heteroatoms. The zero-order valence-corrected chi connectivity index (χ0v) is 18.8. The Balaban J connectivity index is 1.80. The third kappa shape index (κ3) is 3.89. The molecule has 1 aromatic heterocycles. The smallest absolute Gasteiger partial charge is 0.266 e. The zero-order chi connectivity index (χ0) is 21.5. The van der Waals surface area contributed by atoms with Crippen LogP contribution in [0.1, 0.15) is 11.5 Å². The Bertz CT molecular complexity index is 1130. The highest BCUT2D eigenvalue weighted by molar-refractivity contribution is 8.26. The van der Waals surface area contributed by atoms with E-state index in [2.05, 4.69) is 4.98 Å². The van der Waals surface area contributed by atoms with Crippen molar-refractivity contribution in [1.29, 1.82) is 0 Å². The normalized spacial score (nSPS) is 19.2. The minimum Gasteiger partial charge on any atom is -0.420 e. The second-order valence-corrected chi connectivity index (χ2v) is 10.4. The highest BCUT2D eigenvalue weighted by atomic mass is 32.2.